The molecule has 2 fully saturated rings. The Hall–Kier alpha value is -0.120. The van der Waals surface area contributed by atoms with E-state index in [0.717, 1.165) is 12.0 Å². The third-order valence-corrected chi connectivity index (χ3v) is 3.30. The van der Waals surface area contributed by atoms with E-state index in [2.05, 4.69) is 29.2 Å². The molecule has 2 aliphatic rings. The van der Waals surface area contributed by atoms with Crippen molar-refractivity contribution in [2.24, 2.45) is 5.92 Å². The number of nitrogens with one attached hydrogen (secondary N) is 1. The van der Waals surface area contributed by atoms with E-state index in [1.54, 1.807) is 0 Å². The molecule has 0 radical (unpaired) electrons. The highest BCUT2D eigenvalue weighted by atomic mass is 15.2. The van der Waals surface area contributed by atoms with Crippen molar-refractivity contribution in [3.8, 4) is 0 Å². The van der Waals surface area contributed by atoms with Crippen LogP contribution in [-0.4, -0.2) is 62.7 Å². The Bertz CT molecular complexity index is 158. The molecule has 2 atom stereocenters. The summed E-state index contributed by atoms with van der Waals surface area (Å²) in [6.45, 7) is 6.28. The van der Waals surface area contributed by atoms with E-state index in [1.807, 2.05) is 0 Å². The lowest BCUT2D eigenvalue weighted by molar-refractivity contribution is 0.269. The van der Waals surface area contributed by atoms with Crippen LogP contribution in [0.15, 0.2) is 0 Å². The number of rotatable bonds is 3. The first-order valence-electron chi connectivity index (χ1n) is 5.36. The SMILES string of the molecule is CN(C)CCN1C[C@@H]2CCN[C@@H]2C1. The maximum atomic E-state index is 3.58. The quantitative estimate of drug-likeness (QED) is 0.656. The van der Waals surface area contributed by atoms with Gasteiger partial charge in [-0.2, -0.15) is 0 Å². The lowest BCUT2D eigenvalue weighted by atomic mass is 10.1. The van der Waals surface area contributed by atoms with Crippen molar-refractivity contribution in [1.29, 1.82) is 0 Å². The number of hydrogen-bond donors (Lipinski definition) is 1. The van der Waals surface area contributed by atoms with Gasteiger partial charge in [0.1, 0.15) is 0 Å². The van der Waals surface area contributed by atoms with Crippen molar-refractivity contribution >= 4 is 0 Å². The van der Waals surface area contributed by atoms with Gasteiger partial charge in [-0.1, -0.05) is 0 Å². The van der Waals surface area contributed by atoms with Crippen LogP contribution >= 0.6 is 0 Å². The van der Waals surface area contributed by atoms with Crippen LogP contribution in [-0.2, 0) is 0 Å². The fourth-order valence-electron chi connectivity index (χ4n) is 2.46. The first-order valence-corrected chi connectivity index (χ1v) is 5.36. The first-order chi connectivity index (χ1) is 6.25. The summed E-state index contributed by atoms with van der Waals surface area (Å²) in [6.07, 6.45) is 1.39. The predicted molar refractivity (Wildman–Crippen MR) is 54.9 cm³/mol. The zero-order valence-corrected chi connectivity index (χ0v) is 8.79. The normalized spacial score (nSPS) is 34.4. The lowest BCUT2D eigenvalue weighted by Gasteiger charge is -2.19. The van der Waals surface area contributed by atoms with Crippen LogP contribution in [0.5, 0.6) is 0 Å². The van der Waals surface area contributed by atoms with Crippen molar-refractivity contribution in [3.05, 3.63) is 0 Å². The average Bonchev–Trinajstić information content (AvgIpc) is 2.58. The van der Waals surface area contributed by atoms with Gasteiger partial charge >= 0.3 is 0 Å². The highest BCUT2D eigenvalue weighted by Gasteiger charge is 2.35. The van der Waals surface area contributed by atoms with Gasteiger partial charge in [-0.3, -0.25) is 0 Å². The van der Waals surface area contributed by atoms with Crippen molar-refractivity contribution in [2.45, 2.75) is 12.5 Å². The second-order valence-corrected chi connectivity index (χ2v) is 4.67. The molecule has 1 N–H and O–H groups in total. The Kier molecular flexibility index (Phi) is 2.86. The van der Waals surface area contributed by atoms with Crippen molar-refractivity contribution < 1.29 is 0 Å². The van der Waals surface area contributed by atoms with Gasteiger partial charge in [-0.15, -0.1) is 0 Å². The molecule has 76 valence electrons. The highest BCUT2D eigenvalue weighted by molar-refractivity contribution is 4.93. The van der Waals surface area contributed by atoms with E-state index in [1.165, 1.54) is 39.1 Å². The largest absolute Gasteiger partial charge is 0.312 e. The minimum Gasteiger partial charge on any atom is -0.312 e. The maximum Gasteiger partial charge on any atom is 0.0235 e. The Morgan fingerprint density at radius 2 is 2.23 bits per heavy atom. The molecule has 0 aromatic carbocycles. The summed E-state index contributed by atoms with van der Waals surface area (Å²) in [5.41, 5.74) is 0. The predicted octanol–water partition coefficient (Wildman–Crippen LogP) is -0.158. The fourth-order valence-corrected chi connectivity index (χ4v) is 2.46. The molecule has 0 aliphatic carbocycles. The molecule has 0 spiro atoms. The molecule has 2 aliphatic heterocycles. The maximum absolute atomic E-state index is 3.58. The molecule has 3 heteroatoms. The zero-order chi connectivity index (χ0) is 9.26. The van der Waals surface area contributed by atoms with Gasteiger partial charge in [0.15, 0.2) is 0 Å². The van der Waals surface area contributed by atoms with Gasteiger partial charge in [0, 0.05) is 32.2 Å². The Labute approximate surface area is 81.1 Å². The molecule has 2 rings (SSSR count). The van der Waals surface area contributed by atoms with Crippen LogP contribution in [0.3, 0.4) is 0 Å². The molecule has 0 aromatic rings. The summed E-state index contributed by atoms with van der Waals surface area (Å²) < 4.78 is 0. The zero-order valence-electron chi connectivity index (χ0n) is 8.79. The topological polar surface area (TPSA) is 18.5 Å². The molecule has 2 heterocycles. The van der Waals surface area contributed by atoms with Crippen molar-refractivity contribution in [1.82, 2.24) is 15.1 Å². The third kappa shape index (κ3) is 2.22. The number of likely N-dealkylation sites (N-methyl/N-ethyl adjacent to an activating group) is 1. The van der Waals surface area contributed by atoms with Crippen LogP contribution in [0.2, 0.25) is 0 Å². The van der Waals surface area contributed by atoms with E-state index >= 15 is 0 Å². The summed E-state index contributed by atoms with van der Waals surface area (Å²) in [5, 5.41) is 3.58. The molecule has 0 aromatic heterocycles. The molecule has 13 heavy (non-hydrogen) atoms. The van der Waals surface area contributed by atoms with Gasteiger partial charge in [-0.25, -0.2) is 0 Å². The van der Waals surface area contributed by atoms with Gasteiger partial charge < -0.3 is 15.1 Å². The average molecular weight is 183 g/mol. The van der Waals surface area contributed by atoms with Gasteiger partial charge in [-0.05, 0) is 33.0 Å². The summed E-state index contributed by atoms with van der Waals surface area (Å²) in [7, 11) is 4.30. The highest BCUT2D eigenvalue weighted by Crippen LogP contribution is 2.23. The first kappa shape index (κ1) is 9.44. The minimum absolute atomic E-state index is 0.808. The Morgan fingerprint density at radius 1 is 1.38 bits per heavy atom. The number of hydrogen-bond acceptors (Lipinski definition) is 3. The van der Waals surface area contributed by atoms with Crippen LogP contribution < -0.4 is 5.32 Å². The fraction of sp³-hybridized carbons (Fsp3) is 1.00. The summed E-state index contributed by atoms with van der Waals surface area (Å²) in [5.74, 6) is 0.946. The lowest BCUT2D eigenvalue weighted by Crippen LogP contribution is -2.34. The van der Waals surface area contributed by atoms with Crippen LogP contribution in [0.4, 0.5) is 0 Å². The molecular weight excluding hydrogens is 162 g/mol. The second kappa shape index (κ2) is 3.95. The summed E-state index contributed by atoms with van der Waals surface area (Å²) in [6, 6.07) is 0.808. The van der Waals surface area contributed by atoms with Crippen LogP contribution in [0.1, 0.15) is 6.42 Å². The van der Waals surface area contributed by atoms with Gasteiger partial charge in [0.2, 0.25) is 0 Å². The molecule has 3 nitrogen and oxygen atoms in total. The molecule has 0 amide bonds. The van der Waals surface area contributed by atoms with E-state index in [-0.39, 0.29) is 0 Å². The van der Waals surface area contributed by atoms with E-state index < -0.39 is 0 Å². The van der Waals surface area contributed by atoms with Crippen molar-refractivity contribution in [3.63, 3.8) is 0 Å². The Balaban J connectivity index is 1.73. The number of fused-ring (bicyclic) bond motifs is 1. The smallest absolute Gasteiger partial charge is 0.0235 e. The number of nitrogens with zero attached hydrogens (tertiary/aromatic N) is 2. The standard InChI is InChI=1S/C10H21N3/c1-12(2)5-6-13-7-9-3-4-11-10(9)8-13/h9-11H,3-8H2,1-2H3/t9-,10+/m0/s1. The summed E-state index contributed by atoms with van der Waals surface area (Å²) in [4.78, 5) is 4.86. The van der Waals surface area contributed by atoms with E-state index in [0.29, 0.717) is 0 Å². The Morgan fingerprint density at radius 3 is 2.92 bits per heavy atom. The van der Waals surface area contributed by atoms with Gasteiger partial charge in [0.05, 0.1) is 0 Å². The minimum atomic E-state index is 0.808. The van der Waals surface area contributed by atoms with E-state index in [4.69, 9.17) is 0 Å². The molecule has 0 unspecified atom stereocenters. The van der Waals surface area contributed by atoms with E-state index in [9.17, 15) is 0 Å². The monoisotopic (exact) mass is 183 g/mol. The van der Waals surface area contributed by atoms with Crippen LogP contribution in [0, 0.1) is 5.92 Å². The molecule has 0 bridgehead atoms. The number of likely N-dealkylation sites (tertiary alicyclic amines) is 1. The third-order valence-electron chi connectivity index (χ3n) is 3.30. The second-order valence-electron chi connectivity index (χ2n) is 4.67. The van der Waals surface area contributed by atoms with Crippen LogP contribution in [0.25, 0.3) is 0 Å². The molecule has 2 saturated heterocycles. The summed E-state index contributed by atoms with van der Waals surface area (Å²) >= 11 is 0. The van der Waals surface area contributed by atoms with Gasteiger partial charge in [0.25, 0.3) is 0 Å². The molecule has 0 saturated carbocycles. The molecular formula is C10H21N3. The van der Waals surface area contributed by atoms with Crippen molar-refractivity contribution in [2.75, 3.05) is 46.8 Å².